The highest BCUT2D eigenvalue weighted by molar-refractivity contribution is 7.92. The standard InChI is InChI=1S/C14H10Cl2O3S/c15-11-4-6-13(7-5-11)20(18,19)9-14(17)10-2-1-3-12(16)8-10/h1-8H,9H2. The number of rotatable bonds is 4. The van der Waals surface area contributed by atoms with Gasteiger partial charge in [-0.3, -0.25) is 4.79 Å². The van der Waals surface area contributed by atoms with Crippen LogP contribution in [0.1, 0.15) is 10.4 Å². The van der Waals surface area contributed by atoms with Gasteiger partial charge >= 0.3 is 0 Å². The summed E-state index contributed by atoms with van der Waals surface area (Å²) in [6, 6.07) is 11.9. The molecule has 20 heavy (non-hydrogen) atoms. The van der Waals surface area contributed by atoms with Crippen LogP contribution in [0.4, 0.5) is 0 Å². The Balaban J connectivity index is 2.24. The molecule has 0 amide bonds. The van der Waals surface area contributed by atoms with Crippen molar-refractivity contribution in [3.05, 3.63) is 64.1 Å². The molecule has 0 atom stereocenters. The zero-order valence-electron chi connectivity index (χ0n) is 10.2. The van der Waals surface area contributed by atoms with E-state index < -0.39 is 21.4 Å². The fraction of sp³-hybridized carbons (Fsp3) is 0.0714. The molecule has 6 heteroatoms. The molecule has 0 radical (unpaired) electrons. The van der Waals surface area contributed by atoms with Crippen molar-refractivity contribution in [2.45, 2.75) is 4.90 Å². The number of hydrogen-bond donors (Lipinski definition) is 0. The third-order valence-electron chi connectivity index (χ3n) is 2.64. The first-order valence-electron chi connectivity index (χ1n) is 5.65. The molecule has 0 aliphatic heterocycles. The van der Waals surface area contributed by atoms with E-state index in [1.807, 2.05) is 0 Å². The Hall–Kier alpha value is -1.36. The quantitative estimate of drug-likeness (QED) is 0.805. The number of hydrogen-bond acceptors (Lipinski definition) is 3. The maximum atomic E-state index is 12.1. The molecule has 0 bridgehead atoms. The maximum Gasteiger partial charge on any atom is 0.185 e. The van der Waals surface area contributed by atoms with Gasteiger partial charge in [0.05, 0.1) is 4.90 Å². The Bertz CT molecular complexity index is 737. The summed E-state index contributed by atoms with van der Waals surface area (Å²) in [4.78, 5) is 12.1. The summed E-state index contributed by atoms with van der Waals surface area (Å²) in [6.07, 6.45) is 0. The van der Waals surface area contributed by atoms with E-state index in [-0.39, 0.29) is 10.5 Å². The van der Waals surface area contributed by atoms with Crippen LogP contribution in [0.3, 0.4) is 0 Å². The van der Waals surface area contributed by atoms with Crippen LogP contribution < -0.4 is 0 Å². The van der Waals surface area contributed by atoms with Gasteiger partial charge in [0.2, 0.25) is 0 Å². The van der Waals surface area contributed by atoms with Gasteiger partial charge in [-0.25, -0.2) is 8.42 Å². The van der Waals surface area contributed by atoms with Crippen molar-refractivity contribution in [3.63, 3.8) is 0 Å². The van der Waals surface area contributed by atoms with E-state index in [9.17, 15) is 13.2 Å². The lowest BCUT2D eigenvalue weighted by molar-refractivity contribution is 0.102. The second kappa shape index (κ2) is 5.95. The Kier molecular flexibility index (Phi) is 4.48. The van der Waals surface area contributed by atoms with Gasteiger partial charge in [0.25, 0.3) is 0 Å². The summed E-state index contributed by atoms with van der Waals surface area (Å²) in [5.74, 6) is -1.10. The van der Waals surface area contributed by atoms with Crippen LogP contribution in [0.2, 0.25) is 10.0 Å². The lowest BCUT2D eigenvalue weighted by Gasteiger charge is -2.04. The first-order valence-corrected chi connectivity index (χ1v) is 8.06. The molecule has 0 N–H and O–H groups in total. The summed E-state index contributed by atoms with van der Waals surface area (Å²) in [7, 11) is -3.69. The van der Waals surface area contributed by atoms with Crippen LogP contribution in [0.15, 0.2) is 53.4 Å². The number of sulfone groups is 1. The lowest BCUT2D eigenvalue weighted by Crippen LogP contribution is -2.16. The molecule has 2 aromatic rings. The van der Waals surface area contributed by atoms with Crippen molar-refractivity contribution >= 4 is 38.8 Å². The molecule has 0 saturated carbocycles. The molecule has 0 spiro atoms. The molecule has 0 aliphatic carbocycles. The number of ketones is 1. The zero-order valence-corrected chi connectivity index (χ0v) is 12.5. The number of benzene rings is 2. The molecule has 0 unspecified atom stereocenters. The van der Waals surface area contributed by atoms with Crippen LogP contribution in [-0.2, 0) is 9.84 Å². The fourth-order valence-electron chi connectivity index (χ4n) is 1.64. The van der Waals surface area contributed by atoms with Crippen molar-refractivity contribution in [2.24, 2.45) is 0 Å². The summed E-state index contributed by atoms with van der Waals surface area (Å²) in [5, 5.41) is 0.824. The predicted molar refractivity (Wildman–Crippen MR) is 79.3 cm³/mol. The van der Waals surface area contributed by atoms with Crippen LogP contribution in [0.5, 0.6) is 0 Å². The Labute approximate surface area is 127 Å². The van der Waals surface area contributed by atoms with E-state index in [2.05, 4.69) is 0 Å². The summed E-state index contributed by atoms with van der Waals surface area (Å²) in [5.41, 5.74) is 0.273. The molecular formula is C14H10Cl2O3S. The summed E-state index contributed by atoms with van der Waals surface area (Å²) < 4.78 is 24.2. The van der Waals surface area contributed by atoms with Gasteiger partial charge in [-0.1, -0.05) is 35.3 Å². The van der Waals surface area contributed by atoms with Crippen molar-refractivity contribution in [1.29, 1.82) is 0 Å². The van der Waals surface area contributed by atoms with Crippen LogP contribution >= 0.6 is 23.2 Å². The molecule has 2 aromatic carbocycles. The minimum Gasteiger partial charge on any atom is -0.293 e. The molecule has 2 rings (SSSR count). The zero-order chi connectivity index (χ0) is 14.8. The first-order chi connectivity index (χ1) is 9.38. The lowest BCUT2D eigenvalue weighted by atomic mass is 10.1. The smallest absolute Gasteiger partial charge is 0.185 e. The van der Waals surface area contributed by atoms with Crippen LogP contribution in [0.25, 0.3) is 0 Å². The van der Waals surface area contributed by atoms with Gasteiger partial charge in [0.15, 0.2) is 15.6 Å². The van der Waals surface area contributed by atoms with E-state index in [1.54, 1.807) is 12.1 Å². The van der Waals surface area contributed by atoms with E-state index in [0.29, 0.717) is 10.0 Å². The van der Waals surface area contributed by atoms with Crippen molar-refractivity contribution < 1.29 is 13.2 Å². The van der Waals surface area contributed by atoms with Gasteiger partial charge in [0, 0.05) is 15.6 Å². The topological polar surface area (TPSA) is 51.2 Å². The predicted octanol–water partition coefficient (Wildman–Crippen LogP) is 3.65. The van der Waals surface area contributed by atoms with Crippen molar-refractivity contribution in [1.82, 2.24) is 0 Å². The van der Waals surface area contributed by atoms with Crippen LogP contribution in [0, 0.1) is 0 Å². The fourth-order valence-corrected chi connectivity index (χ4v) is 3.19. The molecule has 0 saturated heterocycles. The largest absolute Gasteiger partial charge is 0.293 e. The molecule has 0 aliphatic rings. The molecular weight excluding hydrogens is 319 g/mol. The van der Waals surface area contributed by atoms with Crippen LogP contribution in [-0.4, -0.2) is 20.0 Å². The third-order valence-corrected chi connectivity index (χ3v) is 4.76. The second-order valence-electron chi connectivity index (χ2n) is 4.15. The summed E-state index contributed by atoms with van der Waals surface area (Å²) >= 11 is 11.5. The van der Waals surface area contributed by atoms with Gasteiger partial charge in [-0.15, -0.1) is 0 Å². The molecule has 0 fully saturated rings. The highest BCUT2D eigenvalue weighted by Gasteiger charge is 2.20. The maximum absolute atomic E-state index is 12.1. The molecule has 0 aromatic heterocycles. The summed E-state index contributed by atoms with van der Waals surface area (Å²) in [6.45, 7) is 0. The van der Waals surface area contributed by atoms with E-state index in [4.69, 9.17) is 23.2 Å². The minimum absolute atomic E-state index is 0.0669. The number of carbonyl (C=O) groups is 1. The van der Waals surface area contributed by atoms with Crippen molar-refractivity contribution in [2.75, 3.05) is 5.75 Å². The number of carbonyl (C=O) groups excluding carboxylic acids is 1. The molecule has 104 valence electrons. The average Bonchev–Trinajstić information content (AvgIpc) is 2.38. The van der Waals surface area contributed by atoms with E-state index in [0.717, 1.165) is 0 Å². The number of Topliss-reactive ketones (excluding diaryl/α,β-unsaturated/α-hetero) is 1. The Morgan fingerprint density at radius 2 is 1.60 bits per heavy atom. The highest BCUT2D eigenvalue weighted by atomic mass is 35.5. The van der Waals surface area contributed by atoms with Crippen molar-refractivity contribution in [3.8, 4) is 0 Å². The van der Waals surface area contributed by atoms with Gasteiger partial charge in [-0.05, 0) is 36.4 Å². The average molecular weight is 329 g/mol. The molecule has 0 heterocycles. The molecule has 3 nitrogen and oxygen atoms in total. The Morgan fingerprint density at radius 1 is 0.950 bits per heavy atom. The first kappa shape index (κ1) is 15.0. The Morgan fingerprint density at radius 3 is 2.20 bits per heavy atom. The normalized spacial score (nSPS) is 11.3. The second-order valence-corrected chi connectivity index (χ2v) is 7.01. The van der Waals surface area contributed by atoms with Gasteiger partial charge in [0.1, 0.15) is 5.75 Å². The number of halogens is 2. The highest BCUT2D eigenvalue weighted by Crippen LogP contribution is 2.17. The third kappa shape index (κ3) is 3.60. The van der Waals surface area contributed by atoms with E-state index in [1.165, 1.54) is 36.4 Å². The SMILES string of the molecule is O=C(CS(=O)(=O)c1ccc(Cl)cc1)c1cccc(Cl)c1. The van der Waals surface area contributed by atoms with Gasteiger partial charge in [-0.2, -0.15) is 0 Å². The van der Waals surface area contributed by atoms with E-state index >= 15 is 0 Å². The minimum atomic E-state index is -3.69. The monoisotopic (exact) mass is 328 g/mol. The van der Waals surface area contributed by atoms with Gasteiger partial charge < -0.3 is 0 Å².